The summed E-state index contributed by atoms with van der Waals surface area (Å²) in [6.45, 7) is 3.23. The van der Waals surface area contributed by atoms with Crippen molar-refractivity contribution >= 4 is 19.2 Å². The minimum atomic E-state index is -4.73. The van der Waals surface area contributed by atoms with Crippen molar-refractivity contribution in [3.05, 3.63) is 59.3 Å². The summed E-state index contributed by atoms with van der Waals surface area (Å²) >= 11 is 0. The van der Waals surface area contributed by atoms with E-state index in [1.165, 1.54) is 93.6 Å². The number of phosphoric acid groups is 1. The summed E-state index contributed by atoms with van der Waals surface area (Å²) in [5.74, 6) is -0.471. The quantitative estimate of drug-likeness (QED) is 0.0460. The number of benzene rings is 1. The summed E-state index contributed by atoms with van der Waals surface area (Å²) in [6.07, 6.45) is 13.7. The van der Waals surface area contributed by atoms with Gasteiger partial charge in [0.1, 0.15) is 53.7 Å². The third-order valence-corrected chi connectivity index (χ3v) is 11.0. The number of unbranched alkanes of at least 4 members (excludes halogenated alkanes) is 13. The normalized spacial score (nSPS) is 21.5. The topological polar surface area (TPSA) is 204 Å². The van der Waals surface area contributed by atoms with Crippen LogP contribution in [0.5, 0.6) is 0 Å². The number of nitrogens with zero attached hydrogens (tertiary/aromatic N) is 4. The number of halogens is 1. The summed E-state index contributed by atoms with van der Waals surface area (Å²) in [5.41, 5.74) is 5.67. The van der Waals surface area contributed by atoms with Gasteiger partial charge in [-0.05, 0) is 43.2 Å². The Morgan fingerprint density at radius 1 is 1.00 bits per heavy atom. The van der Waals surface area contributed by atoms with Crippen molar-refractivity contribution in [3.8, 4) is 6.07 Å². The molecule has 0 amide bonds. The molecule has 3 aromatic rings. The van der Waals surface area contributed by atoms with E-state index in [-0.39, 0.29) is 24.6 Å². The first-order valence-corrected chi connectivity index (χ1v) is 21.1. The van der Waals surface area contributed by atoms with Crippen LogP contribution in [0.25, 0.3) is 5.52 Å². The largest absolute Gasteiger partial charge is 0.472 e. The maximum Gasteiger partial charge on any atom is 0.472 e. The van der Waals surface area contributed by atoms with E-state index in [4.69, 9.17) is 34.3 Å². The highest BCUT2D eigenvalue weighted by atomic mass is 31.2. The van der Waals surface area contributed by atoms with Crippen molar-refractivity contribution < 1.29 is 47.3 Å². The molecule has 306 valence electrons. The Hall–Kier alpha value is -3.03. The lowest BCUT2D eigenvalue weighted by Crippen LogP contribution is -2.39. The maximum absolute atomic E-state index is 14.2. The molecular weight excluding hydrogens is 732 g/mol. The molecule has 0 spiro atoms. The zero-order chi connectivity index (χ0) is 39.7. The van der Waals surface area contributed by atoms with Crippen LogP contribution in [0.3, 0.4) is 0 Å². The molecule has 1 unspecified atom stereocenters. The number of anilines is 1. The van der Waals surface area contributed by atoms with E-state index in [2.05, 4.69) is 17.0 Å². The highest BCUT2D eigenvalue weighted by Gasteiger charge is 2.54. The first-order valence-electron chi connectivity index (χ1n) is 19.6. The lowest BCUT2D eigenvalue weighted by atomic mass is 9.93. The van der Waals surface area contributed by atoms with Gasteiger partial charge in [0, 0.05) is 6.61 Å². The lowest BCUT2D eigenvalue weighted by Gasteiger charge is -2.27. The highest BCUT2D eigenvalue weighted by Crippen LogP contribution is 2.46. The minimum absolute atomic E-state index is 0.0333. The molecule has 1 fully saturated rings. The Balaban J connectivity index is 1.21. The molecule has 6 atom stereocenters. The lowest BCUT2D eigenvalue weighted by molar-refractivity contribution is -0.0901. The first kappa shape index (κ1) is 44.7. The Kier molecular flexibility index (Phi) is 18.4. The molecular formula is C39H59FN5O9P. The number of rotatable bonds is 27. The summed E-state index contributed by atoms with van der Waals surface area (Å²) in [6, 6.07) is 9.17. The van der Waals surface area contributed by atoms with Crippen molar-refractivity contribution in [1.29, 1.82) is 5.26 Å². The number of aliphatic hydroxyl groups excluding tert-OH is 2. The van der Waals surface area contributed by atoms with Gasteiger partial charge in [-0.3, -0.25) is 9.05 Å². The molecule has 0 saturated carbocycles. The van der Waals surface area contributed by atoms with E-state index < -0.39 is 56.9 Å². The van der Waals surface area contributed by atoms with Crippen LogP contribution < -0.4 is 5.73 Å². The van der Waals surface area contributed by atoms with Gasteiger partial charge in [-0.15, -0.1) is 0 Å². The van der Waals surface area contributed by atoms with Crippen molar-refractivity contribution in [2.45, 2.75) is 140 Å². The molecule has 1 saturated heterocycles. The third kappa shape index (κ3) is 13.6. The summed E-state index contributed by atoms with van der Waals surface area (Å²) in [7, 11) is -4.73. The van der Waals surface area contributed by atoms with E-state index in [1.54, 1.807) is 31.2 Å². The van der Waals surface area contributed by atoms with Crippen LogP contribution in [-0.4, -0.2) is 80.5 Å². The monoisotopic (exact) mass is 791 g/mol. The number of hydrogen-bond donors (Lipinski definition) is 4. The number of hydrogen-bond acceptors (Lipinski definition) is 12. The first-order chi connectivity index (χ1) is 26.5. The molecule has 1 aromatic carbocycles. The third-order valence-electron chi connectivity index (χ3n) is 10.1. The summed E-state index contributed by atoms with van der Waals surface area (Å²) < 4.78 is 56.8. The average molecular weight is 792 g/mol. The van der Waals surface area contributed by atoms with Crippen LogP contribution in [-0.2, 0) is 40.0 Å². The number of aromatic nitrogens is 3. The second-order valence-corrected chi connectivity index (χ2v) is 15.9. The van der Waals surface area contributed by atoms with Crippen molar-refractivity contribution in [2.24, 2.45) is 0 Å². The summed E-state index contributed by atoms with van der Waals surface area (Å²) in [4.78, 5) is 14.5. The second-order valence-electron chi connectivity index (χ2n) is 14.4. The van der Waals surface area contributed by atoms with Crippen molar-refractivity contribution in [2.75, 3.05) is 32.2 Å². The molecule has 16 heteroatoms. The van der Waals surface area contributed by atoms with Gasteiger partial charge in [0.15, 0.2) is 5.82 Å². The fraction of sp³-hybridized carbons (Fsp3) is 0.667. The van der Waals surface area contributed by atoms with Crippen LogP contribution >= 0.6 is 7.82 Å². The molecule has 5 N–H and O–H groups in total. The van der Waals surface area contributed by atoms with Crippen LogP contribution in [0.2, 0.25) is 0 Å². The van der Waals surface area contributed by atoms with E-state index in [9.17, 15) is 24.1 Å². The van der Waals surface area contributed by atoms with Gasteiger partial charge >= 0.3 is 7.82 Å². The van der Waals surface area contributed by atoms with E-state index in [1.807, 2.05) is 0 Å². The Labute approximate surface area is 323 Å². The molecule has 1 aliphatic rings. The molecule has 3 heterocycles. The SMILES string of the molecule is CCCCCCCCCCCCCCCCOC[C@H](COP(=O)(O)OC[C@H]1O[C@@](C)(c2ccc3c(N)ncnn23)[C@H](O)[C@@H]1O)OCc1ccc(C#N)c(F)c1. The van der Waals surface area contributed by atoms with Crippen LogP contribution in [0, 0.1) is 17.1 Å². The van der Waals surface area contributed by atoms with Crippen LogP contribution in [0.1, 0.15) is 121 Å². The number of aliphatic hydroxyl groups is 2. The van der Waals surface area contributed by atoms with E-state index in [0.717, 1.165) is 19.3 Å². The molecule has 0 aliphatic carbocycles. The van der Waals surface area contributed by atoms with E-state index in [0.29, 0.717) is 23.4 Å². The molecule has 0 radical (unpaired) electrons. The number of phosphoric ester groups is 1. The molecule has 2 aromatic heterocycles. The van der Waals surface area contributed by atoms with Gasteiger partial charge in [0.2, 0.25) is 0 Å². The van der Waals surface area contributed by atoms with E-state index >= 15 is 0 Å². The Bertz CT molecular complexity index is 1690. The van der Waals surface area contributed by atoms with Gasteiger partial charge < -0.3 is 35.1 Å². The second kappa shape index (κ2) is 22.6. The van der Waals surface area contributed by atoms with Crippen LogP contribution in [0.15, 0.2) is 36.7 Å². The van der Waals surface area contributed by atoms with Gasteiger partial charge in [-0.1, -0.05) is 96.5 Å². The molecule has 14 nitrogen and oxygen atoms in total. The molecule has 4 rings (SSSR count). The number of ether oxygens (including phenoxy) is 3. The summed E-state index contributed by atoms with van der Waals surface area (Å²) in [5, 5.41) is 35.0. The molecule has 0 bridgehead atoms. The van der Waals surface area contributed by atoms with Gasteiger partial charge in [0.25, 0.3) is 0 Å². The average Bonchev–Trinajstić information content (AvgIpc) is 3.71. The van der Waals surface area contributed by atoms with Gasteiger partial charge in [-0.25, -0.2) is 18.5 Å². The predicted molar refractivity (Wildman–Crippen MR) is 204 cm³/mol. The smallest absolute Gasteiger partial charge is 0.387 e. The highest BCUT2D eigenvalue weighted by molar-refractivity contribution is 7.47. The molecule has 55 heavy (non-hydrogen) atoms. The Morgan fingerprint density at radius 2 is 1.65 bits per heavy atom. The van der Waals surface area contributed by atoms with Crippen molar-refractivity contribution in [3.63, 3.8) is 0 Å². The number of fused-ring (bicyclic) bond motifs is 1. The standard InChI is InChI=1S/C39H59FN5O9P/c1-3-4-5-6-7-8-9-10-11-12-13-14-15-16-21-50-25-31(51-24-29-17-18-30(23-41)32(40)22-29)26-52-55(48,49)53-27-34-36(46)37(47)39(2,54-34)35-20-19-33-38(42)43-28-44-45(33)35/h17-20,22,28,31,34,36-37,46-47H,3-16,21,24-27H2,1-2H3,(H,48,49)(H2,42,43,44)/t31-,34-,36-,37-,39+/m1/s1. The number of nitriles is 1. The van der Waals surface area contributed by atoms with Crippen LogP contribution in [0.4, 0.5) is 10.2 Å². The minimum Gasteiger partial charge on any atom is -0.387 e. The van der Waals surface area contributed by atoms with Gasteiger partial charge in [0.05, 0.1) is 37.7 Å². The van der Waals surface area contributed by atoms with Gasteiger partial charge in [-0.2, -0.15) is 10.4 Å². The predicted octanol–water partition coefficient (Wildman–Crippen LogP) is 6.87. The number of nitrogen functional groups attached to an aromatic ring is 1. The zero-order valence-electron chi connectivity index (χ0n) is 32.2. The number of nitrogens with two attached hydrogens (primary N) is 1. The van der Waals surface area contributed by atoms with Crippen molar-refractivity contribution in [1.82, 2.24) is 14.6 Å². The molecule has 1 aliphatic heterocycles. The maximum atomic E-state index is 14.2. The Morgan fingerprint density at radius 3 is 2.29 bits per heavy atom. The fourth-order valence-electron chi connectivity index (χ4n) is 6.75. The zero-order valence-corrected chi connectivity index (χ0v) is 33.1. The fourth-order valence-corrected chi connectivity index (χ4v) is 7.51.